The van der Waals surface area contributed by atoms with Gasteiger partial charge in [0, 0.05) is 25.7 Å². The van der Waals surface area contributed by atoms with Gasteiger partial charge in [-0.05, 0) is 24.1 Å². The molecule has 1 aromatic carbocycles. The Morgan fingerprint density at radius 3 is 2.93 bits per heavy atom. The van der Waals surface area contributed by atoms with E-state index in [-0.39, 0.29) is 5.75 Å². The number of nitrogens with one attached hydrogen (secondary N) is 2. The topological polar surface area (TPSA) is 44.3 Å². The molecule has 1 heterocycles. The minimum Gasteiger partial charge on any atom is -0.505 e. The Labute approximate surface area is 88.3 Å². The lowest BCUT2D eigenvalue weighted by Crippen LogP contribution is -2.49. The van der Waals surface area contributed by atoms with Crippen molar-refractivity contribution < 1.29 is 9.50 Å². The Morgan fingerprint density at radius 1 is 1.40 bits per heavy atom. The van der Waals surface area contributed by atoms with Crippen LogP contribution in [0.5, 0.6) is 5.75 Å². The lowest BCUT2D eigenvalue weighted by molar-refractivity contribution is 0.412. The van der Waals surface area contributed by atoms with E-state index < -0.39 is 5.82 Å². The molecular weight excluding hydrogens is 195 g/mol. The van der Waals surface area contributed by atoms with Crippen molar-refractivity contribution in [1.82, 2.24) is 10.6 Å². The van der Waals surface area contributed by atoms with E-state index in [4.69, 9.17) is 0 Å². The predicted molar refractivity (Wildman–Crippen MR) is 56.4 cm³/mol. The molecule has 0 saturated carbocycles. The number of halogens is 1. The van der Waals surface area contributed by atoms with E-state index >= 15 is 0 Å². The van der Waals surface area contributed by atoms with Crippen LogP contribution in [0, 0.1) is 5.82 Å². The second-order valence-corrected chi connectivity index (χ2v) is 3.85. The molecule has 1 fully saturated rings. The maximum absolute atomic E-state index is 12.8. The summed E-state index contributed by atoms with van der Waals surface area (Å²) in [7, 11) is 0. The van der Waals surface area contributed by atoms with Crippen LogP contribution in [0.15, 0.2) is 18.2 Å². The minimum absolute atomic E-state index is 0.267. The molecule has 0 radical (unpaired) electrons. The third-order valence-electron chi connectivity index (χ3n) is 2.62. The summed E-state index contributed by atoms with van der Waals surface area (Å²) in [6.07, 6.45) is 0.806. The number of hydrogen-bond donors (Lipinski definition) is 3. The van der Waals surface area contributed by atoms with Crippen molar-refractivity contribution in [2.45, 2.75) is 12.5 Å². The quantitative estimate of drug-likeness (QED) is 0.671. The van der Waals surface area contributed by atoms with E-state index in [1.807, 2.05) is 0 Å². The fourth-order valence-corrected chi connectivity index (χ4v) is 1.83. The highest BCUT2D eigenvalue weighted by molar-refractivity contribution is 5.29. The van der Waals surface area contributed by atoms with Crippen molar-refractivity contribution in [1.29, 1.82) is 0 Å². The summed E-state index contributed by atoms with van der Waals surface area (Å²) < 4.78 is 12.8. The van der Waals surface area contributed by atoms with Crippen molar-refractivity contribution in [2.75, 3.05) is 19.6 Å². The summed E-state index contributed by atoms with van der Waals surface area (Å²) in [4.78, 5) is 0. The van der Waals surface area contributed by atoms with Crippen molar-refractivity contribution in [3.05, 3.63) is 29.6 Å². The van der Waals surface area contributed by atoms with Gasteiger partial charge in [-0.15, -0.1) is 0 Å². The fraction of sp³-hybridized carbons (Fsp3) is 0.455. The molecule has 0 spiro atoms. The Balaban J connectivity index is 2.00. The monoisotopic (exact) mass is 210 g/mol. The van der Waals surface area contributed by atoms with E-state index in [2.05, 4.69) is 10.6 Å². The minimum atomic E-state index is -0.562. The van der Waals surface area contributed by atoms with Gasteiger partial charge in [0.2, 0.25) is 0 Å². The molecule has 1 atom stereocenters. The number of aromatic hydroxyl groups is 1. The van der Waals surface area contributed by atoms with Gasteiger partial charge in [0.15, 0.2) is 11.6 Å². The lowest BCUT2D eigenvalue weighted by Gasteiger charge is -2.24. The molecular formula is C11H15FN2O. The smallest absolute Gasteiger partial charge is 0.164 e. The maximum atomic E-state index is 12.8. The molecule has 15 heavy (non-hydrogen) atoms. The zero-order chi connectivity index (χ0) is 10.7. The number of phenols is 1. The summed E-state index contributed by atoms with van der Waals surface area (Å²) >= 11 is 0. The number of rotatable bonds is 2. The molecule has 1 unspecified atom stereocenters. The van der Waals surface area contributed by atoms with Gasteiger partial charge in [0.25, 0.3) is 0 Å². The molecule has 3 nitrogen and oxygen atoms in total. The Kier molecular flexibility index (Phi) is 3.18. The molecule has 0 aliphatic carbocycles. The van der Waals surface area contributed by atoms with E-state index in [0.29, 0.717) is 6.04 Å². The molecule has 1 saturated heterocycles. The van der Waals surface area contributed by atoms with Gasteiger partial charge in [-0.25, -0.2) is 4.39 Å². The summed E-state index contributed by atoms with van der Waals surface area (Å²) in [6.45, 7) is 2.86. The summed E-state index contributed by atoms with van der Waals surface area (Å²) in [6, 6.07) is 4.88. The molecule has 0 aromatic heterocycles. The van der Waals surface area contributed by atoms with Crippen molar-refractivity contribution in [3.63, 3.8) is 0 Å². The molecule has 3 N–H and O–H groups in total. The number of piperazine rings is 1. The van der Waals surface area contributed by atoms with Gasteiger partial charge in [0.05, 0.1) is 0 Å². The van der Waals surface area contributed by atoms with Crippen LogP contribution in [-0.2, 0) is 6.42 Å². The zero-order valence-corrected chi connectivity index (χ0v) is 8.46. The number of benzene rings is 1. The van der Waals surface area contributed by atoms with Crippen molar-refractivity contribution in [2.24, 2.45) is 0 Å². The van der Waals surface area contributed by atoms with Gasteiger partial charge < -0.3 is 15.7 Å². The van der Waals surface area contributed by atoms with Crippen LogP contribution in [-0.4, -0.2) is 30.8 Å². The van der Waals surface area contributed by atoms with Gasteiger partial charge in [0.1, 0.15) is 0 Å². The first-order valence-corrected chi connectivity index (χ1v) is 5.17. The zero-order valence-electron chi connectivity index (χ0n) is 8.46. The molecule has 4 heteroatoms. The highest BCUT2D eigenvalue weighted by atomic mass is 19.1. The van der Waals surface area contributed by atoms with E-state index in [1.54, 1.807) is 6.07 Å². The largest absolute Gasteiger partial charge is 0.505 e. The molecule has 1 aliphatic heterocycles. The Hall–Kier alpha value is -1.13. The lowest BCUT2D eigenvalue weighted by atomic mass is 10.0. The average molecular weight is 210 g/mol. The van der Waals surface area contributed by atoms with Gasteiger partial charge in [-0.1, -0.05) is 6.07 Å². The molecule has 0 amide bonds. The van der Waals surface area contributed by atoms with E-state index in [1.165, 1.54) is 12.1 Å². The summed E-state index contributed by atoms with van der Waals surface area (Å²) in [5, 5.41) is 15.9. The molecule has 0 bridgehead atoms. The van der Waals surface area contributed by atoms with Crippen LogP contribution in [0.2, 0.25) is 0 Å². The van der Waals surface area contributed by atoms with Crippen LogP contribution in [0.4, 0.5) is 4.39 Å². The molecule has 82 valence electrons. The fourth-order valence-electron chi connectivity index (χ4n) is 1.83. The third kappa shape index (κ3) is 2.67. The second-order valence-electron chi connectivity index (χ2n) is 3.85. The van der Waals surface area contributed by atoms with Crippen LogP contribution in [0.25, 0.3) is 0 Å². The van der Waals surface area contributed by atoms with E-state index in [0.717, 1.165) is 31.6 Å². The Morgan fingerprint density at radius 2 is 2.27 bits per heavy atom. The van der Waals surface area contributed by atoms with Crippen molar-refractivity contribution >= 4 is 0 Å². The first kappa shape index (κ1) is 10.4. The van der Waals surface area contributed by atoms with Crippen LogP contribution < -0.4 is 10.6 Å². The molecule has 2 rings (SSSR count). The van der Waals surface area contributed by atoms with Crippen LogP contribution in [0.3, 0.4) is 0 Å². The van der Waals surface area contributed by atoms with Gasteiger partial charge in [-0.2, -0.15) is 0 Å². The van der Waals surface area contributed by atoms with Gasteiger partial charge in [-0.3, -0.25) is 0 Å². The number of phenolic OH excluding ortho intramolecular Hbond substituents is 1. The second kappa shape index (κ2) is 4.59. The normalized spacial score (nSPS) is 21.5. The Bertz CT molecular complexity index is 337. The summed E-state index contributed by atoms with van der Waals surface area (Å²) in [5.41, 5.74) is 0.954. The summed E-state index contributed by atoms with van der Waals surface area (Å²) in [5.74, 6) is -0.829. The molecule has 1 aliphatic rings. The maximum Gasteiger partial charge on any atom is 0.164 e. The van der Waals surface area contributed by atoms with Crippen LogP contribution >= 0.6 is 0 Å². The van der Waals surface area contributed by atoms with Gasteiger partial charge >= 0.3 is 0 Å². The average Bonchev–Trinajstić information content (AvgIpc) is 2.25. The molecule has 1 aromatic rings. The standard InChI is InChI=1S/C11H15FN2O/c12-10-2-1-8(6-11(10)15)5-9-7-13-3-4-14-9/h1-2,6,9,13-15H,3-5,7H2. The van der Waals surface area contributed by atoms with Crippen molar-refractivity contribution in [3.8, 4) is 5.75 Å². The third-order valence-corrected chi connectivity index (χ3v) is 2.62. The highest BCUT2D eigenvalue weighted by Gasteiger charge is 2.13. The SMILES string of the molecule is Oc1cc(CC2CNCCN2)ccc1F. The highest BCUT2D eigenvalue weighted by Crippen LogP contribution is 2.17. The predicted octanol–water partition coefficient (Wildman–Crippen LogP) is 0.635. The first-order chi connectivity index (χ1) is 7.25. The van der Waals surface area contributed by atoms with E-state index in [9.17, 15) is 9.50 Å². The first-order valence-electron chi connectivity index (χ1n) is 5.17. The van der Waals surface area contributed by atoms with Crippen LogP contribution in [0.1, 0.15) is 5.56 Å². The number of hydrogen-bond acceptors (Lipinski definition) is 3.